The molecule has 9 heteroatoms. The third kappa shape index (κ3) is 3.52. The Labute approximate surface area is 141 Å². The second-order valence-corrected chi connectivity index (χ2v) is 8.42. The summed E-state index contributed by atoms with van der Waals surface area (Å²) in [6.45, 7) is 4.11. The Balaban J connectivity index is 1.68. The van der Waals surface area contributed by atoms with Crippen LogP contribution in [0.5, 0.6) is 0 Å². The van der Waals surface area contributed by atoms with Crippen molar-refractivity contribution in [3.8, 4) is 0 Å². The maximum atomic E-state index is 12.3. The van der Waals surface area contributed by atoms with Gasteiger partial charge in [0.05, 0.1) is 11.1 Å². The largest absolute Gasteiger partial charge is 0.369 e. The van der Waals surface area contributed by atoms with Gasteiger partial charge in [-0.25, -0.2) is 22.7 Å². The predicted molar refractivity (Wildman–Crippen MR) is 94.1 cm³/mol. The summed E-state index contributed by atoms with van der Waals surface area (Å²) >= 11 is 0. The van der Waals surface area contributed by atoms with Gasteiger partial charge in [-0.1, -0.05) is 6.92 Å². The Bertz CT molecular complexity index is 790. The molecule has 1 aliphatic rings. The van der Waals surface area contributed by atoms with Gasteiger partial charge >= 0.3 is 0 Å². The summed E-state index contributed by atoms with van der Waals surface area (Å²) < 4.78 is 26.1. The van der Waals surface area contributed by atoms with Crippen LogP contribution in [0.15, 0.2) is 18.6 Å². The first kappa shape index (κ1) is 17.1. The quantitative estimate of drug-likeness (QED) is 0.701. The van der Waals surface area contributed by atoms with E-state index < -0.39 is 10.0 Å². The topological polar surface area (TPSA) is 117 Å². The number of piperidine rings is 1. The molecular weight excluding hydrogens is 328 g/mol. The van der Waals surface area contributed by atoms with E-state index in [0.29, 0.717) is 25.6 Å². The fourth-order valence-corrected chi connectivity index (χ4v) is 4.51. The lowest BCUT2D eigenvalue weighted by molar-refractivity contribution is 0.207. The van der Waals surface area contributed by atoms with Crippen LogP contribution in [-0.2, 0) is 10.0 Å². The van der Waals surface area contributed by atoms with Crippen molar-refractivity contribution in [2.75, 3.05) is 37.2 Å². The minimum atomic E-state index is -3.25. The highest BCUT2D eigenvalue weighted by Gasteiger charge is 2.32. The van der Waals surface area contributed by atoms with E-state index in [9.17, 15) is 8.42 Å². The molecule has 0 amide bonds. The minimum absolute atomic E-state index is 0.0113. The maximum absolute atomic E-state index is 12.3. The zero-order valence-corrected chi connectivity index (χ0v) is 14.6. The first-order chi connectivity index (χ1) is 11.5. The summed E-state index contributed by atoms with van der Waals surface area (Å²) in [5.41, 5.74) is 6.21. The Hall–Kier alpha value is -1.71. The average Bonchev–Trinajstić information content (AvgIpc) is 3.03. The van der Waals surface area contributed by atoms with Crippen LogP contribution in [0.25, 0.3) is 11.0 Å². The molecule has 3 rings (SSSR count). The van der Waals surface area contributed by atoms with Crippen LogP contribution in [0.2, 0.25) is 0 Å². The molecule has 0 aliphatic carbocycles. The molecule has 8 nitrogen and oxygen atoms in total. The standard InChI is InChI=1S/C15H24N6O2S/c1-11-3-6-21(24(22,23)7-4-16)9-12(11)8-18-15-13-2-5-17-14(13)19-10-20-15/h2,5,10-12H,3-4,6-9,16H2,1H3,(H2,17,18,19,20). The van der Waals surface area contributed by atoms with Crippen LogP contribution in [0.4, 0.5) is 5.82 Å². The lowest BCUT2D eigenvalue weighted by atomic mass is 9.88. The van der Waals surface area contributed by atoms with Crippen LogP contribution in [0.1, 0.15) is 13.3 Å². The zero-order valence-electron chi connectivity index (χ0n) is 13.8. The third-order valence-electron chi connectivity index (χ3n) is 4.73. The van der Waals surface area contributed by atoms with Gasteiger partial charge in [0.2, 0.25) is 10.0 Å². The lowest BCUT2D eigenvalue weighted by Gasteiger charge is -2.36. The Morgan fingerprint density at radius 1 is 1.46 bits per heavy atom. The van der Waals surface area contributed by atoms with Gasteiger partial charge in [-0.15, -0.1) is 0 Å². The number of rotatable bonds is 6. The number of hydrogen-bond donors (Lipinski definition) is 3. The maximum Gasteiger partial charge on any atom is 0.215 e. The van der Waals surface area contributed by atoms with Crippen molar-refractivity contribution < 1.29 is 8.42 Å². The highest BCUT2D eigenvalue weighted by Crippen LogP contribution is 2.26. The fourth-order valence-electron chi connectivity index (χ4n) is 3.15. The molecule has 1 aliphatic heterocycles. The van der Waals surface area contributed by atoms with E-state index in [2.05, 4.69) is 27.2 Å². The van der Waals surface area contributed by atoms with Gasteiger partial charge in [-0.05, 0) is 24.3 Å². The van der Waals surface area contributed by atoms with Gasteiger partial charge in [0.1, 0.15) is 17.8 Å². The second kappa shape index (κ2) is 7.04. The Kier molecular flexibility index (Phi) is 5.02. The van der Waals surface area contributed by atoms with Gasteiger partial charge in [0.15, 0.2) is 0 Å². The molecule has 1 fully saturated rings. The molecular formula is C15H24N6O2S. The molecule has 2 atom stereocenters. The van der Waals surface area contributed by atoms with Crippen molar-refractivity contribution in [2.45, 2.75) is 13.3 Å². The number of H-pyrrole nitrogens is 1. The summed E-state index contributed by atoms with van der Waals surface area (Å²) in [5, 5.41) is 4.30. The lowest BCUT2D eigenvalue weighted by Crippen LogP contribution is -2.46. The molecule has 24 heavy (non-hydrogen) atoms. The SMILES string of the molecule is CC1CCN(S(=O)(=O)CCN)CC1CNc1ncnc2[nH]ccc12. The fraction of sp³-hybridized carbons (Fsp3) is 0.600. The van der Waals surface area contributed by atoms with E-state index in [-0.39, 0.29) is 18.2 Å². The molecule has 0 saturated carbocycles. The van der Waals surface area contributed by atoms with E-state index in [0.717, 1.165) is 23.3 Å². The van der Waals surface area contributed by atoms with E-state index in [1.165, 1.54) is 6.33 Å². The van der Waals surface area contributed by atoms with Crippen molar-refractivity contribution >= 4 is 26.9 Å². The summed E-state index contributed by atoms with van der Waals surface area (Å²) in [7, 11) is -3.25. The van der Waals surface area contributed by atoms with E-state index in [1.807, 2.05) is 12.3 Å². The number of sulfonamides is 1. The number of aromatic amines is 1. The van der Waals surface area contributed by atoms with Crippen LogP contribution in [0.3, 0.4) is 0 Å². The Morgan fingerprint density at radius 2 is 2.29 bits per heavy atom. The van der Waals surface area contributed by atoms with Crippen molar-refractivity contribution in [2.24, 2.45) is 17.6 Å². The molecule has 4 N–H and O–H groups in total. The predicted octanol–water partition coefficient (Wildman–Crippen LogP) is 0.616. The van der Waals surface area contributed by atoms with Gasteiger partial charge in [-0.3, -0.25) is 0 Å². The molecule has 0 aromatic carbocycles. The highest BCUT2D eigenvalue weighted by molar-refractivity contribution is 7.89. The second-order valence-electron chi connectivity index (χ2n) is 6.33. The van der Waals surface area contributed by atoms with Crippen LogP contribution >= 0.6 is 0 Å². The summed E-state index contributed by atoms with van der Waals surface area (Å²) in [4.78, 5) is 11.5. The van der Waals surface area contributed by atoms with Crippen LogP contribution in [-0.4, -0.2) is 59.6 Å². The van der Waals surface area contributed by atoms with E-state index in [4.69, 9.17) is 5.73 Å². The van der Waals surface area contributed by atoms with Crippen molar-refractivity contribution in [3.05, 3.63) is 18.6 Å². The number of aromatic nitrogens is 3. The molecule has 2 unspecified atom stereocenters. The molecule has 0 bridgehead atoms. The first-order valence-electron chi connectivity index (χ1n) is 8.21. The number of nitrogens with zero attached hydrogens (tertiary/aromatic N) is 3. The molecule has 3 heterocycles. The number of nitrogens with two attached hydrogens (primary N) is 1. The van der Waals surface area contributed by atoms with Crippen molar-refractivity contribution in [1.82, 2.24) is 19.3 Å². The number of anilines is 1. The smallest absolute Gasteiger partial charge is 0.215 e. The highest BCUT2D eigenvalue weighted by atomic mass is 32.2. The molecule has 0 spiro atoms. The van der Waals surface area contributed by atoms with E-state index >= 15 is 0 Å². The van der Waals surface area contributed by atoms with Crippen LogP contribution < -0.4 is 11.1 Å². The van der Waals surface area contributed by atoms with Crippen molar-refractivity contribution in [3.63, 3.8) is 0 Å². The molecule has 132 valence electrons. The number of fused-ring (bicyclic) bond motifs is 1. The van der Waals surface area contributed by atoms with Crippen molar-refractivity contribution in [1.29, 1.82) is 0 Å². The third-order valence-corrected chi connectivity index (χ3v) is 6.60. The van der Waals surface area contributed by atoms with Gasteiger partial charge in [-0.2, -0.15) is 0 Å². The normalized spacial score (nSPS) is 22.8. The first-order valence-corrected chi connectivity index (χ1v) is 9.82. The molecule has 0 radical (unpaired) electrons. The van der Waals surface area contributed by atoms with Crippen LogP contribution in [0, 0.1) is 11.8 Å². The van der Waals surface area contributed by atoms with E-state index in [1.54, 1.807) is 4.31 Å². The zero-order chi connectivity index (χ0) is 17.2. The minimum Gasteiger partial charge on any atom is -0.369 e. The average molecular weight is 352 g/mol. The van der Waals surface area contributed by atoms with Gasteiger partial charge in [0, 0.05) is 32.4 Å². The number of hydrogen-bond acceptors (Lipinski definition) is 6. The van der Waals surface area contributed by atoms with Gasteiger partial charge < -0.3 is 16.0 Å². The Morgan fingerprint density at radius 3 is 3.08 bits per heavy atom. The molecule has 1 saturated heterocycles. The summed E-state index contributed by atoms with van der Waals surface area (Å²) in [6, 6.07) is 1.93. The summed E-state index contributed by atoms with van der Waals surface area (Å²) in [5.74, 6) is 1.47. The molecule has 2 aromatic rings. The number of nitrogens with one attached hydrogen (secondary N) is 2. The monoisotopic (exact) mass is 352 g/mol. The summed E-state index contributed by atoms with van der Waals surface area (Å²) in [6.07, 6.45) is 4.21. The molecule has 2 aromatic heterocycles. The van der Waals surface area contributed by atoms with Gasteiger partial charge in [0.25, 0.3) is 0 Å².